The molecule has 0 unspecified atom stereocenters. The molecule has 1 amide bonds. The van der Waals surface area contributed by atoms with Crippen molar-refractivity contribution in [2.24, 2.45) is 0 Å². The summed E-state index contributed by atoms with van der Waals surface area (Å²) in [4.78, 5) is 20.7. The molecule has 2 aromatic rings. The molecule has 0 spiro atoms. The molecule has 3 N–H and O–H groups in total. The lowest BCUT2D eigenvalue weighted by molar-refractivity contribution is -0.111. The van der Waals surface area contributed by atoms with Gasteiger partial charge in [0.15, 0.2) is 0 Å². The fraction of sp³-hybridized carbons (Fsp3) is 0.350. The predicted molar refractivity (Wildman–Crippen MR) is 106 cm³/mol. The average Bonchev–Trinajstić information content (AvgIpc) is 2.66. The van der Waals surface area contributed by atoms with Gasteiger partial charge in [-0.1, -0.05) is 38.0 Å². The summed E-state index contributed by atoms with van der Waals surface area (Å²) >= 11 is 0. The SMILES string of the molecule is C=CC(=O)Nc1ccccc1Nc1nc(NC2CCCCC2)ncc1C. The number of carbonyl (C=O) groups is 1. The number of nitrogens with one attached hydrogen (secondary N) is 3. The molecule has 0 atom stereocenters. The molecule has 0 saturated heterocycles. The molecule has 1 aliphatic rings. The van der Waals surface area contributed by atoms with E-state index in [1.165, 1.54) is 25.3 Å². The second-order valence-corrected chi connectivity index (χ2v) is 6.57. The maximum absolute atomic E-state index is 11.6. The van der Waals surface area contributed by atoms with Crippen molar-refractivity contribution in [2.75, 3.05) is 16.0 Å². The summed E-state index contributed by atoms with van der Waals surface area (Å²) in [5.74, 6) is 1.11. The maximum atomic E-state index is 11.6. The van der Waals surface area contributed by atoms with Gasteiger partial charge in [-0.05, 0) is 38.0 Å². The first-order valence-electron chi connectivity index (χ1n) is 9.05. The molecule has 1 aromatic heterocycles. The van der Waals surface area contributed by atoms with Gasteiger partial charge in [0.05, 0.1) is 11.4 Å². The molecule has 136 valence electrons. The smallest absolute Gasteiger partial charge is 0.247 e. The molecule has 0 radical (unpaired) electrons. The van der Waals surface area contributed by atoms with E-state index in [4.69, 9.17) is 0 Å². The van der Waals surface area contributed by atoms with Crippen molar-refractivity contribution < 1.29 is 4.79 Å². The van der Waals surface area contributed by atoms with Crippen molar-refractivity contribution in [3.05, 3.63) is 48.7 Å². The molecule has 26 heavy (non-hydrogen) atoms. The van der Waals surface area contributed by atoms with Gasteiger partial charge >= 0.3 is 0 Å². The van der Waals surface area contributed by atoms with E-state index < -0.39 is 0 Å². The van der Waals surface area contributed by atoms with E-state index in [1.807, 2.05) is 37.4 Å². The number of hydrogen-bond donors (Lipinski definition) is 3. The van der Waals surface area contributed by atoms with Gasteiger partial charge in [0, 0.05) is 17.8 Å². The zero-order chi connectivity index (χ0) is 18.4. The van der Waals surface area contributed by atoms with Crippen LogP contribution < -0.4 is 16.0 Å². The minimum absolute atomic E-state index is 0.252. The van der Waals surface area contributed by atoms with Gasteiger partial charge in [0.1, 0.15) is 5.82 Å². The highest BCUT2D eigenvalue weighted by atomic mass is 16.1. The highest BCUT2D eigenvalue weighted by Crippen LogP contribution is 2.27. The first-order chi connectivity index (χ1) is 12.7. The molecule has 6 nitrogen and oxygen atoms in total. The third-order valence-corrected chi connectivity index (χ3v) is 4.53. The van der Waals surface area contributed by atoms with Crippen LogP contribution >= 0.6 is 0 Å². The highest BCUT2D eigenvalue weighted by Gasteiger charge is 2.15. The monoisotopic (exact) mass is 351 g/mol. The van der Waals surface area contributed by atoms with Gasteiger partial charge in [-0.25, -0.2) is 4.98 Å². The van der Waals surface area contributed by atoms with Gasteiger partial charge in [-0.3, -0.25) is 4.79 Å². The van der Waals surface area contributed by atoms with E-state index in [2.05, 4.69) is 32.5 Å². The molecular formula is C20H25N5O. The van der Waals surface area contributed by atoms with Gasteiger partial charge in [-0.2, -0.15) is 4.98 Å². The first-order valence-corrected chi connectivity index (χ1v) is 9.05. The van der Waals surface area contributed by atoms with E-state index >= 15 is 0 Å². The number of amides is 1. The summed E-state index contributed by atoms with van der Waals surface area (Å²) in [7, 11) is 0. The fourth-order valence-corrected chi connectivity index (χ4v) is 3.08. The number of anilines is 4. The molecule has 1 saturated carbocycles. The number of aromatic nitrogens is 2. The van der Waals surface area contributed by atoms with E-state index in [9.17, 15) is 4.79 Å². The molecule has 1 fully saturated rings. The van der Waals surface area contributed by atoms with Crippen molar-refractivity contribution in [3.63, 3.8) is 0 Å². The van der Waals surface area contributed by atoms with Gasteiger partial charge < -0.3 is 16.0 Å². The number of hydrogen-bond acceptors (Lipinski definition) is 5. The molecule has 6 heteroatoms. The van der Waals surface area contributed by atoms with Crippen LogP contribution in [0, 0.1) is 6.92 Å². The molecule has 0 aliphatic heterocycles. The van der Waals surface area contributed by atoms with Crippen LogP contribution in [-0.2, 0) is 4.79 Å². The minimum Gasteiger partial charge on any atom is -0.351 e. The lowest BCUT2D eigenvalue weighted by Crippen LogP contribution is -2.23. The third kappa shape index (κ3) is 4.59. The van der Waals surface area contributed by atoms with Gasteiger partial charge in [0.2, 0.25) is 11.9 Å². The summed E-state index contributed by atoms with van der Waals surface area (Å²) in [5.41, 5.74) is 2.38. The zero-order valence-electron chi connectivity index (χ0n) is 15.1. The van der Waals surface area contributed by atoms with E-state index in [-0.39, 0.29) is 5.91 Å². The summed E-state index contributed by atoms with van der Waals surface area (Å²) in [5, 5.41) is 9.55. The quantitative estimate of drug-likeness (QED) is 0.672. The Morgan fingerprint density at radius 1 is 1.19 bits per heavy atom. The molecule has 1 aliphatic carbocycles. The van der Waals surface area contributed by atoms with Crippen LogP contribution in [0.15, 0.2) is 43.1 Å². The Bertz CT molecular complexity index is 784. The van der Waals surface area contributed by atoms with Crippen molar-refractivity contribution in [1.82, 2.24) is 9.97 Å². The Labute approximate surface area is 154 Å². The summed E-state index contributed by atoms with van der Waals surface area (Å²) in [6.45, 7) is 5.45. The zero-order valence-corrected chi connectivity index (χ0v) is 15.1. The predicted octanol–water partition coefficient (Wildman–Crippen LogP) is 4.40. The number of aryl methyl sites for hydroxylation is 1. The molecule has 3 rings (SSSR count). The van der Waals surface area contributed by atoms with Crippen molar-refractivity contribution >= 4 is 29.0 Å². The van der Waals surface area contributed by atoms with Crippen LogP contribution in [0.1, 0.15) is 37.7 Å². The number of nitrogens with zero attached hydrogens (tertiary/aromatic N) is 2. The number of rotatable bonds is 6. The summed E-state index contributed by atoms with van der Waals surface area (Å²) < 4.78 is 0. The Morgan fingerprint density at radius 3 is 2.65 bits per heavy atom. The Hall–Kier alpha value is -2.89. The number of para-hydroxylation sites is 2. The highest BCUT2D eigenvalue weighted by molar-refractivity contribution is 6.01. The van der Waals surface area contributed by atoms with Crippen molar-refractivity contribution in [3.8, 4) is 0 Å². The third-order valence-electron chi connectivity index (χ3n) is 4.53. The second kappa shape index (κ2) is 8.47. The normalized spacial score (nSPS) is 14.5. The maximum Gasteiger partial charge on any atom is 0.247 e. The van der Waals surface area contributed by atoms with Crippen LogP contribution in [-0.4, -0.2) is 21.9 Å². The largest absolute Gasteiger partial charge is 0.351 e. The van der Waals surface area contributed by atoms with E-state index in [1.54, 1.807) is 0 Å². The van der Waals surface area contributed by atoms with Gasteiger partial charge in [0.25, 0.3) is 0 Å². The van der Waals surface area contributed by atoms with Crippen LogP contribution in [0.5, 0.6) is 0 Å². The topological polar surface area (TPSA) is 78.9 Å². The molecule has 0 bridgehead atoms. The van der Waals surface area contributed by atoms with Crippen molar-refractivity contribution in [2.45, 2.75) is 45.1 Å². The molecular weight excluding hydrogens is 326 g/mol. The van der Waals surface area contributed by atoms with Crippen LogP contribution in [0.2, 0.25) is 0 Å². The Balaban J connectivity index is 1.78. The molecule has 1 aromatic carbocycles. The lowest BCUT2D eigenvalue weighted by atomic mass is 9.96. The summed E-state index contributed by atoms with van der Waals surface area (Å²) in [6.07, 6.45) is 9.21. The lowest BCUT2D eigenvalue weighted by Gasteiger charge is -2.23. The van der Waals surface area contributed by atoms with E-state index in [0.717, 1.165) is 29.9 Å². The minimum atomic E-state index is -0.252. The Morgan fingerprint density at radius 2 is 1.92 bits per heavy atom. The van der Waals surface area contributed by atoms with Crippen molar-refractivity contribution in [1.29, 1.82) is 0 Å². The second-order valence-electron chi connectivity index (χ2n) is 6.57. The molecule has 1 heterocycles. The number of carbonyl (C=O) groups excluding carboxylic acids is 1. The average molecular weight is 351 g/mol. The van der Waals surface area contributed by atoms with Crippen LogP contribution in [0.25, 0.3) is 0 Å². The van der Waals surface area contributed by atoms with Crippen LogP contribution in [0.3, 0.4) is 0 Å². The standard InChI is InChI=1S/C20H25N5O/c1-3-18(26)23-16-11-7-8-12-17(16)24-19-14(2)13-21-20(25-19)22-15-9-5-4-6-10-15/h3,7-8,11-13,15H,1,4-6,9-10H2,2H3,(H,23,26)(H2,21,22,24,25). The Kier molecular flexibility index (Phi) is 5.84. The van der Waals surface area contributed by atoms with Crippen LogP contribution in [0.4, 0.5) is 23.1 Å². The first kappa shape index (κ1) is 17.9. The fourth-order valence-electron chi connectivity index (χ4n) is 3.08. The van der Waals surface area contributed by atoms with E-state index in [0.29, 0.717) is 17.7 Å². The van der Waals surface area contributed by atoms with Gasteiger partial charge in [-0.15, -0.1) is 0 Å². The number of benzene rings is 1. The summed E-state index contributed by atoms with van der Waals surface area (Å²) in [6, 6.07) is 7.95.